The first-order valence-electron chi connectivity index (χ1n) is 4.52. The molecule has 0 fully saturated rings. The molecule has 0 bridgehead atoms. The molecular weight excluding hydrogens is 160 g/mol. The molecule has 0 heterocycles. The molecule has 0 saturated carbocycles. The summed E-state index contributed by atoms with van der Waals surface area (Å²) in [6.07, 6.45) is 4.00. The van der Waals surface area contributed by atoms with Gasteiger partial charge in [0.1, 0.15) is 5.75 Å². The zero-order chi connectivity index (χ0) is 9.68. The highest BCUT2D eigenvalue weighted by Gasteiger charge is 1.98. The van der Waals surface area contributed by atoms with Crippen molar-refractivity contribution in [2.45, 2.75) is 19.8 Å². The van der Waals surface area contributed by atoms with Crippen LogP contribution in [0.3, 0.4) is 0 Å². The van der Waals surface area contributed by atoms with E-state index in [4.69, 9.17) is 4.74 Å². The zero-order valence-electron chi connectivity index (χ0n) is 8.34. The standard InChI is InChI=1S/C12H16O/c1-4-5-6-11-8-7-10(2)12(9-11)13-3/h4,7-9H,1,5-6H2,2-3H3. The molecule has 0 saturated heterocycles. The van der Waals surface area contributed by atoms with Crippen molar-refractivity contribution in [3.05, 3.63) is 42.0 Å². The molecule has 0 atom stereocenters. The van der Waals surface area contributed by atoms with Crippen molar-refractivity contribution in [3.63, 3.8) is 0 Å². The molecule has 0 N–H and O–H groups in total. The normalized spacial score (nSPS) is 9.69. The average Bonchev–Trinajstić information content (AvgIpc) is 2.16. The topological polar surface area (TPSA) is 9.23 Å². The molecule has 0 unspecified atom stereocenters. The van der Waals surface area contributed by atoms with Gasteiger partial charge in [-0.3, -0.25) is 0 Å². The zero-order valence-corrected chi connectivity index (χ0v) is 8.34. The number of ether oxygens (including phenoxy) is 1. The van der Waals surface area contributed by atoms with E-state index in [9.17, 15) is 0 Å². The van der Waals surface area contributed by atoms with Gasteiger partial charge < -0.3 is 4.74 Å². The number of hydrogen-bond acceptors (Lipinski definition) is 1. The number of hydrogen-bond donors (Lipinski definition) is 0. The molecule has 1 heteroatoms. The Morgan fingerprint density at radius 2 is 2.23 bits per heavy atom. The molecule has 0 spiro atoms. The van der Waals surface area contributed by atoms with Crippen molar-refractivity contribution < 1.29 is 4.74 Å². The molecule has 0 aromatic heterocycles. The maximum atomic E-state index is 5.24. The van der Waals surface area contributed by atoms with Crippen molar-refractivity contribution in [2.24, 2.45) is 0 Å². The second-order valence-corrected chi connectivity index (χ2v) is 3.13. The number of benzene rings is 1. The second-order valence-electron chi connectivity index (χ2n) is 3.13. The molecule has 13 heavy (non-hydrogen) atoms. The van der Waals surface area contributed by atoms with Gasteiger partial charge >= 0.3 is 0 Å². The van der Waals surface area contributed by atoms with Gasteiger partial charge in [-0.1, -0.05) is 18.2 Å². The van der Waals surface area contributed by atoms with Gasteiger partial charge in [-0.2, -0.15) is 0 Å². The Labute approximate surface area is 80.0 Å². The fourth-order valence-electron chi connectivity index (χ4n) is 1.29. The first kappa shape index (κ1) is 9.85. The predicted octanol–water partition coefficient (Wildman–Crippen LogP) is 3.12. The van der Waals surface area contributed by atoms with Gasteiger partial charge in [0.25, 0.3) is 0 Å². The van der Waals surface area contributed by atoms with Gasteiger partial charge in [0.05, 0.1) is 7.11 Å². The molecule has 0 amide bonds. The lowest BCUT2D eigenvalue weighted by molar-refractivity contribution is 0.411. The minimum Gasteiger partial charge on any atom is -0.496 e. The third-order valence-electron chi connectivity index (χ3n) is 2.11. The molecule has 0 aliphatic carbocycles. The lowest BCUT2D eigenvalue weighted by atomic mass is 10.1. The van der Waals surface area contributed by atoms with E-state index in [2.05, 4.69) is 31.7 Å². The minimum absolute atomic E-state index is 0.974. The molecule has 1 nitrogen and oxygen atoms in total. The van der Waals surface area contributed by atoms with Crippen LogP contribution in [0, 0.1) is 6.92 Å². The van der Waals surface area contributed by atoms with Gasteiger partial charge in [-0.05, 0) is 37.0 Å². The van der Waals surface area contributed by atoms with Gasteiger partial charge in [0.15, 0.2) is 0 Å². The average molecular weight is 176 g/mol. The molecule has 1 aromatic carbocycles. The maximum absolute atomic E-state index is 5.24. The molecule has 1 aromatic rings. The lowest BCUT2D eigenvalue weighted by Gasteiger charge is -2.06. The molecular formula is C12H16O. The molecule has 1 rings (SSSR count). The highest BCUT2D eigenvalue weighted by Crippen LogP contribution is 2.19. The van der Waals surface area contributed by atoms with Crippen LogP contribution in [-0.2, 0) is 6.42 Å². The quantitative estimate of drug-likeness (QED) is 0.640. The van der Waals surface area contributed by atoms with Crippen LogP contribution < -0.4 is 4.74 Å². The van der Waals surface area contributed by atoms with Crippen LogP contribution in [0.5, 0.6) is 5.75 Å². The summed E-state index contributed by atoms with van der Waals surface area (Å²) in [6, 6.07) is 6.33. The van der Waals surface area contributed by atoms with Crippen LogP contribution in [0.2, 0.25) is 0 Å². The van der Waals surface area contributed by atoms with Crippen molar-refractivity contribution >= 4 is 0 Å². The van der Waals surface area contributed by atoms with Gasteiger partial charge in [0.2, 0.25) is 0 Å². The van der Waals surface area contributed by atoms with Crippen molar-refractivity contribution in [3.8, 4) is 5.75 Å². The van der Waals surface area contributed by atoms with E-state index in [1.54, 1.807) is 7.11 Å². The van der Waals surface area contributed by atoms with Gasteiger partial charge in [0, 0.05) is 0 Å². The number of aryl methyl sites for hydroxylation is 2. The third kappa shape index (κ3) is 2.62. The van der Waals surface area contributed by atoms with Crippen LogP contribution in [0.4, 0.5) is 0 Å². The first-order valence-corrected chi connectivity index (χ1v) is 4.52. The Bertz CT molecular complexity index is 289. The highest BCUT2D eigenvalue weighted by molar-refractivity contribution is 5.36. The summed E-state index contributed by atoms with van der Waals surface area (Å²) in [5.41, 5.74) is 2.49. The first-order chi connectivity index (χ1) is 6.27. The molecule has 0 aliphatic heterocycles. The fraction of sp³-hybridized carbons (Fsp3) is 0.333. The second kappa shape index (κ2) is 4.70. The summed E-state index contributed by atoms with van der Waals surface area (Å²) in [5, 5.41) is 0. The van der Waals surface area contributed by atoms with Crippen LogP contribution in [0.25, 0.3) is 0 Å². The largest absolute Gasteiger partial charge is 0.496 e. The van der Waals surface area contributed by atoms with E-state index in [-0.39, 0.29) is 0 Å². The minimum atomic E-state index is 0.974. The van der Waals surface area contributed by atoms with E-state index in [1.807, 2.05) is 6.08 Å². The van der Waals surface area contributed by atoms with Crippen molar-refractivity contribution in [1.29, 1.82) is 0 Å². The van der Waals surface area contributed by atoms with E-state index in [0.717, 1.165) is 18.6 Å². The fourth-order valence-corrected chi connectivity index (χ4v) is 1.29. The highest BCUT2D eigenvalue weighted by atomic mass is 16.5. The monoisotopic (exact) mass is 176 g/mol. The lowest BCUT2D eigenvalue weighted by Crippen LogP contribution is -1.90. The smallest absolute Gasteiger partial charge is 0.122 e. The van der Waals surface area contributed by atoms with Gasteiger partial charge in [-0.25, -0.2) is 0 Å². The van der Waals surface area contributed by atoms with Crippen LogP contribution in [-0.4, -0.2) is 7.11 Å². The van der Waals surface area contributed by atoms with Crippen molar-refractivity contribution in [2.75, 3.05) is 7.11 Å². The van der Waals surface area contributed by atoms with E-state index in [0.29, 0.717) is 0 Å². The van der Waals surface area contributed by atoms with Crippen LogP contribution in [0.15, 0.2) is 30.9 Å². The van der Waals surface area contributed by atoms with E-state index < -0.39 is 0 Å². The SMILES string of the molecule is C=CCCc1ccc(C)c(OC)c1. The number of rotatable bonds is 4. The number of allylic oxidation sites excluding steroid dienone is 1. The Morgan fingerprint density at radius 1 is 1.46 bits per heavy atom. The summed E-state index contributed by atoms with van der Waals surface area (Å²) < 4.78 is 5.24. The van der Waals surface area contributed by atoms with E-state index >= 15 is 0 Å². The summed E-state index contributed by atoms with van der Waals surface area (Å²) in [5.74, 6) is 0.974. The predicted molar refractivity (Wildman–Crippen MR) is 56.2 cm³/mol. The summed E-state index contributed by atoms with van der Waals surface area (Å²) in [6.45, 7) is 5.76. The van der Waals surface area contributed by atoms with Crippen molar-refractivity contribution in [1.82, 2.24) is 0 Å². The van der Waals surface area contributed by atoms with Crippen LogP contribution >= 0.6 is 0 Å². The Balaban J connectivity index is 2.79. The number of methoxy groups -OCH3 is 1. The summed E-state index contributed by atoms with van der Waals surface area (Å²) >= 11 is 0. The molecule has 70 valence electrons. The third-order valence-corrected chi connectivity index (χ3v) is 2.11. The van der Waals surface area contributed by atoms with E-state index in [1.165, 1.54) is 11.1 Å². The maximum Gasteiger partial charge on any atom is 0.122 e. The molecule has 0 aliphatic rings. The Hall–Kier alpha value is -1.24. The summed E-state index contributed by atoms with van der Waals surface area (Å²) in [4.78, 5) is 0. The summed E-state index contributed by atoms with van der Waals surface area (Å²) in [7, 11) is 1.71. The Morgan fingerprint density at radius 3 is 2.85 bits per heavy atom. The Kier molecular flexibility index (Phi) is 3.56. The van der Waals surface area contributed by atoms with Gasteiger partial charge in [-0.15, -0.1) is 6.58 Å². The molecule has 0 radical (unpaired) electrons. The van der Waals surface area contributed by atoms with Crippen LogP contribution in [0.1, 0.15) is 17.5 Å².